The van der Waals surface area contributed by atoms with Gasteiger partial charge in [-0.15, -0.1) is 0 Å². The fourth-order valence-electron chi connectivity index (χ4n) is 0.854. The monoisotopic (exact) mass is 260 g/mol. The molecule has 0 aromatic rings. The highest BCUT2D eigenvalue weighted by atomic mass is 14.0. The van der Waals surface area contributed by atoms with Crippen LogP contribution in [0, 0.1) is 5.41 Å². The number of unbranched alkanes of at least 4 members (excludes halogenated alkanes) is 5. The van der Waals surface area contributed by atoms with Gasteiger partial charge in [0.1, 0.15) is 0 Å². The van der Waals surface area contributed by atoms with Crippen molar-refractivity contribution in [1.82, 2.24) is 0 Å². The first-order valence-electron chi connectivity index (χ1n) is 8.33. The van der Waals surface area contributed by atoms with Crippen LogP contribution in [0.5, 0.6) is 0 Å². The Morgan fingerprint density at radius 1 is 0.500 bits per heavy atom. The van der Waals surface area contributed by atoms with Gasteiger partial charge in [0.05, 0.1) is 0 Å². The van der Waals surface area contributed by atoms with Gasteiger partial charge in [-0.2, -0.15) is 0 Å². The van der Waals surface area contributed by atoms with E-state index in [4.69, 9.17) is 0 Å². The van der Waals surface area contributed by atoms with E-state index in [-0.39, 0.29) is 0 Å². The third-order valence-electron chi connectivity index (χ3n) is 1.66. The molecule has 0 atom stereocenters. The zero-order chi connectivity index (χ0) is 15.4. The molecule has 0 unspecified atom stereocenters. The van der Waals surface area contributed by atoms with Crippen LogP contribution in [0.4, 0.5) is 0 Å². The molecule has 0 aromatic heterocycles. The van der Waals surface area contributed by atoms with Gasteiger partial charge in [0.2, 0.25) is 0 Å². The van der Waals surface area contributed by atoms with Gasteiger partial charge in [0, 0.05) is 0 Å². The van der Waals surface area contributed by atoms with E-state index in [1.54, 1.807) is 0 Å². The van der Waals surface area contributed by atoms with Crippen molar-refractivity contribution >= 4 is 0 Å². The fourth-order valence-corrected chi connectivity index (χ4v) is 0.854. The maximum Gasteiger partial charge on any atom is -0.0411 e. The van der Waals surface area contributed by atoms with E-state index in [2.05, 4.69) is 55.4 Å². The minimum Gasteiger partial charge on any atom is -0.0683 e. The Labute approximate surface area is 120 Å². The van der Waals surface area contributed by atoms with E-state index in [1.807, 2.05) is 13.8 Å². The van der Waals surface area contributed by atoms with Crippen molar-refractivity contribution in [2.75, 3.05) is 0 Å². The smallest absolute Gasteiger partial charge is 0.0411 e. The molecule has 0 N–H and O–H groups in total. The van der Waals surface area contributed by atoms with Gasteiger partial charge in [0.25, 0.3) is 0 Å². The predicted octanol–water partition coefficient (Wildman–Crippen LogP) is 7.86. The molecule has 0 aliphatic heterocycles. The predicted molar refractivity (Wildman–Crippen MR) is 91.5 cm³/mol. The van der Waals surface area contributed by atoms with Gasteiger partial charge in [0.15, 0.2) is 0 Å². The summed E-state index contributed by atoms with van der Waals surface area (Å²) in [5.74, 6) is 0. The molecule has 0 fully saturated rings. The van der Waals surface area contributed by atoms with Crippen LogP contribution in [-0.2, 0) is 0 Å². The van der Waals surface area contributed by atoms with E-state index in [0.29, 0.717) is 5.41 Å². The number of rotatable bonds is 5. The molecular formula is C18H44. The first-order chi connectivity index (χ1) is 8.33. The summed E-state index contributed by atoms with van der Waals surface area (Å²) in [5.41, 5.74) is 0.500. The van der Waals surface area contributed by atoms with Crippen molar-refractivity contribution in [3.8, 4) is 0 Å². The molecule has 0 rings (SSSR count). The summed E-state index contributed by atoms with van der Waals surface area (Å²) in [7, 11) is 0. The Bertz CT molecular complexity index is 74.7. The van der Waals surface area contributed by atoms with Gasteiger partial charge in [-0.1, -0.05) is 114 Å². The summed E-state index contributed by atoms with van der Waals surface area (Å²) in [5, 5.41) is 0. The van der Waals surface area contributed by atoms with Crippen molar-refractivity contribution in [2.24, 2.45) is 5.41 Å². The lowest BCUT2D eigenvalue weighted by molar-refractivity contribution is 0.469. The summed E-state index contributed by atoms with van der Waals surface area (Å²) in [6.45, 7) is 21.6. The average molecular weight is 261 g/mol. The minimum atomic E-state index is 0.500. The zero-order valence-corrected chi connectivity index (χ0v) is 15.4. The third kappa shape index (κ3) is 144. The molecule has 0 aromatic carbocycles. The van der Waals surface area contributed by atoms with Gasteiger partial charge < -0.3 is 0 Å². The van der Waals surface area contributed by atoms with Crippen LogP contribution in [-0.4, -0.2) is 0 Å². The van der Waals surface area contributed by atoms with Crippen LogP contribution in [0.25, 0.3) is 0 Å². The van der Waals surface area contributed by atoms with Crippen LogP contribution >= 0.6 is 0 Å². The summed E-state index contributed by atoms with van der Waals surface area (Å²) in [6.07, 6.45) is 9.61. The summed E-state index contributed by atoms with van der Waals surface area (Å²) in [4.78, 5) is 0. The largest absolute Gasteiger partial charge is 0.0683 e. The SMILES string of the molecule is CC.CC(C)(C)C.CCCCC.CCCCCC. The molecule has 0 aliphatic carbocycles. The first kappa shape index (κ1) is 26.5. The molecule has 0 heterocycles. The molecular weight excluding hydrogens is 216 g/mol. The molecule has 0 saturated heterocycles. The molecule has 0 bridgehead atoms. The molecule has 0 radical (unpaired) electrons. The molecule has 0 spiro atoms. The zero-order valence-electron chi connectivity index (χ0n) is 15.4. The second-order valence-corrected chi connectivity index (χ2v) is 6.06. The van der Waals surface area contributed by atoms with E-state index < -0.39 is 0 Å². The van der Waals surface area contributed by atoms with Gasteiger partial charge in [-0.05, 0) is 5.41 Å². The topological polar surface area (TPSA) is 0 Å². The average Bonchev–Trinajstić information content (AvgIpc) is 2.29. The van der Waals surface area contributed by atoms with E-state index in [0.717, 1.165) is 0 Å². The number of hydrogen-bond acceptors (Lipinski definition) is 0. The lowest BCUT2D eigenvalue weighted by Gasteiger charge is -2.05. The van der Waals surface area contributed by atoms with Crippen molar-refractivity contribution in [2.45, 2.75) is 114 Å². The lowest BCUT2D eigenvalue weighted by Crippen LogP contribution is -1.93. The quantitative estimate of drug-likeness (QED) is 0.441. The molecule has 0 nitrogen and oxygen atoms in total. The second kappa shape index (κ2) is 25.8. The van der Waals surface area contributed by atoms with E-state index >= 15 is 0 Å². The maximum absolute atomic E-state index is 2.23. The Balaban J connectivity index is -0.0000000766. The Morgan fingerprint density at radius 2 is 0.667 bits per heavy atom. The third-order valence-corrected chi connectivity index (χ3v) is 1.66. The first-order valence-corrected chi connectivity index (χ1v) is 8.33. The summed E-state index contributed by atoms with van der Waals surface area (Å²) < 4.78 is 0. The van der Waals surface area contributed by atoms with Crippen molar-refractivity contribution < 1.29 is 0 Å². The highest BCUT2D eigenvalue weighted by Crippen LogP contribution is 2.08. The Kier molecular flexibility index (Phi) is 38.0. The van der Waals surface area contributed by atoms with Gasteiger partial charge >= 0.3 is 0 Å². The lowest BCUT2D eigenvalue weighted by atomic mass is 10.0. The fraction of sp³-hybridized carbons (Fsp3) is 1.00. The van der Waals surface area contributed by atoms with Crippen LogP contribution in [0.1, 0.15) is 114 Å². The standard InChI is InChI=1S/C6H14.2C5H12.C2H6/c1-3-5-6-4-2;1-5(2,3)4;1-3-5-4-2;1-2/h3-6H2,1-2H3;1-4H3;3-5H2,1-2H3;1-2H3. The highest BCUT2D eigenvalue weighted by molar-refractivity contribution is 4.47. The van der Waals surface area contributed by atoms with Crippen molar-refractivity contribution in [3.05, 3.63) is 0 Å². The van der Waals surface area contributed by atoms with Crippen LogP contribution < -0.4 is 0 Å². The van der Waals surface area contributed by atoms with Crippen molar-refractivity contribution in [1.29, 1.82) is 0 Å². The molecule has 18 heavy (non-hydrogen) atoms. The minimum absolute atomic E-state index is 0.500. The molecule has 0 aliphatic rings. The molecule has 116 valence electrons. The van der Waals surface area contributed by atoms with Gasteiger partial charge in [-0.25, -0.2) is 0 Å². The second-order valence-electron chi connectivity index (χ2n) is 6.06. The molecule has 0 amide bonds. The molecule has 0 heteroatoms. The normalized spacial score (nSPS) is 9.00. The van der Waals surface area contributed by atoms with Gasteiger partial charge in [-0.3, -0.25) is 0 Å². The summed E-state index contributed by atoms with van der Waals surface area (Å²) in [6, 6.07) is 0. The molecule has 0 saturated carbocycles. The highest BCUT2D eigenvalue weighted by Gasteiger charge is 1.95. The maximum atomic E-state index is 2.23. The Hall–Kier alpha value is 0. The number of hydrogen-bond donors (Lipinski definition) is 0. The summed E-state index contributed by atoms with van der Waals surface area (Å²) >= 11 is 0. The van der Waals surface area contributed by atoms with Crippen LogP contribution in [0.2, 0.25) is 0 Å². The van der Waals surface area contributed by atoms with Crippen LogP contribution in [0.3, 0.4) is 0 Å². The Morgan fingerprint density at radius 3 is 0.722 bits per heavy atom. The van der Waals surface area contributed by atoms with Crippen molar-refractivity contribution in [3.63, 3.8) is 0 Å². The van der Waals surface area contributed by atoms with E-state index in [1.165, 1.54) is 44.9 Å². The van der Waals surface area contributed by atoms with E-state index in [9.17, 15) is 0 Å². The van der Waals surface area contributed by atoms with Crippen LogP contribution in [0.15, 0.2) is 0 Å².